The first kappa shape index (κ1) is 41.8. The SMILES string of the molecule is NC(N)=NCCC[C@H](N)C(=O)N[C@@H](CS)C(=O)N[C@H](Cc1ccccc1)C(=O)N[C@H](Cc1ccccc1)C(=O)N[C@H](CCCN=C(N)N)C(=O)O. The van der Waals surface area contributed by atoms with Crippen LogP contribution in [0, 0.1) is 0 Å². The Morgan fingerprint density at radius 1 is 0.608 bits per heavy atom. The molecule has 0 spiro atoms. The molecule has 18 heteroatoms. The van der Waals surface area contributed by atoms with Crippen LogP contribution in [0.25, 0.3) is 0 Å². The summed E-state index contributed by atoms with van der Waals surface area (Å²) in [4.78, 5) is 73.4. The summed E-state index contributed by atoms with van der Waals surface area (Å²) < 4.78 is 0. The number of aliphatic carboxylic acids is 1. The maximum atomic E-state index is 13.9. The van der Waals surface area contributed by atoms with Crippen molar-refractivity contribution in [3.05, 3.63) is 71.8 Å². The molecule has 2 aromatic rings. The Hall–Kier alpha value is -5.36. The lowest BCUT2D eigenvalue weighted by atomic mass is 10.0. The van der Waals surface area contributed by atoms with Gasteiger partial charge in [0.15, 0.2) is 11.9 Å². The van der Waals surface area contributed by atoms with E-state index in [1.165, 1.54) is 0 Å². The molecule has 0 aliphatic rings. The van der Waals surface area contributed by atoms with Crippen molar-refractivity contribution >= 4 is 54.1 Å². The highest BCUT2D eigenvalue weighted by Crippen LogP contribution is 2.09. The molecule has 0 aromatic heterocycles. The molecule has 15 N–H and O–H groups in total. The van der Waals surface area contributed by atoms with E-state index in [0.29, 0.717) is 17.5 Å². The van der Waals surface area contributed by atoms with E-state index in [0.717, 1.165) is 0 Å². The van der Waals surface area contributed by atoms with Crippen molar-refractivity contribution in [2.24, 2.45) is 38.7 Å². The van der Waals surface area contributed by atoms with E-state index in [9.17, 15) is 29.1 Å². The summed E-state index contributed by atoms with van der Waals surface area (Å²) in [5.74, 6) is -4.40. The highest BCUT2D eigenvalue weighted by atomic mass is 32.1. The van der Waals surface area contributed by atoms with Crippen molar-refractivity contribution in [2.75, 3.05) is 18.8 Å². The third-order valence-electron chi connectivity index (χ3n) is 7.51. The van der Waals surface area contributed by atoms with Gasteiger partial charge in [-0.3, -0.25) is 29.2 Å². The number of guanidine groups is 2. The first-order valence-electron chi connectivity index (χ1n) is 16.3. The molecule has 51 heavy (non-hydrogen) atoms. The fourth-order valence-electron chi connectivity index (χ4n) is 4.82. The van der Waals surface area contributed by atoms with Crippen molar-refractivity contribution in [3.63, 3.8) is 0 Å². The lowest BCUT2D eigenvalue weighted by Crippen LogP contribution is -2.59. The van der Waals surface area contributed by atoms with Gasteiger partial charge in [-0.05, 0) is 36.8 Å². The minimum absolute atomic E-state index is 0.0150. The highest BCUT2D eigenvalue weighted by molar-refractivity contribution is 7.80. The first-order valence-corrected chi connectivity index (χ1v) is 16.9. The average Bonchev–Trinajstić information content (AvgIpc) is 3.09. The second-order valence-electron chi connectivity index (χ2n) is 11.6. The largest absolute Gasteiger partial charge is 0.480 e. The zero-order valence-corrected chi connectivity index (χ0v) is 29.1. The van der Waals surface area contributed by atoms with Crippen LogP contribution in [0.4, 0.5) is 0 Å². The first-order chi connectivity index (χ1) is 24.3. The van der Waals surface area contributed by atoms with E-state index < -0.39 is 59.8 Å². The predicted molar refractivity (Wildman–Crippen MR) is 197 cm³/mol. The van der Waals surface area contributed by atoms with Gasteiger partial charge < -0.3 is 55.0 Å². The van der Waals surface area contributed by atoms with Gasteiger partial charge in [0.25, 0.3) is 0 Å². The number of carbonyl (C=O) groups excluding carboxylic acids is 4. The van der Waals surface area contributed by atoms with Crippen LogP contribution in [-0.2, 0) is 36.8 Å². The summed E-state index contributed by atoms with van der Waals surface area (Å²) in [6, 6.07) is 11.8. The molecule has 278 valence electrons. The number of hydrogen-bond donors (Lipinski definition) is 11. The van der Waals surface area contributed by atoms with Gasteiger partial charge in [0.05, 0.1) is 6.04 Å². The number of carbonyl (C=O) groups is 5. The van der Waals surface area contributed by atoms with Crippen molar-refractivity contribution in [3.8, 4) is 0 Å². The average molecular weight is 728 g/mol. The second-order valence-corrected chi connectivity index (χ2v) is 12.0. The monoisotopic (exact) mass is 727 g/mol. The summed E-state index contributed by atoms with van der Waals surface area (Å²) in [6.07, 6.45) is 0.993. The number of aliphatic imine (C=N–C) groups is 2. The lowest BCUT2D eigenvalue weighted by molar-refractivity contribution is -0.142. The van der Waals surface area contributed by atoms with Crippen LogP contribution in [0.3, 0.4) is 0 Å². The Balaban J connectivity index is 2.26. The molecule has 0 saturated carbocycles. The molecule has 0 bridgehead atoms. The van der Waals surface area contributed by atoms with E-state index >= 15 is 0 Å². The van der Waals surface area contributed by atoms with Crippen LogP contribution in [0.5, 0.6) is 0 Å². The summed E-state index contributed by atoms with van der Waals surface area (Å²) >= 11 is 4.22. The fraction of sp³-hybridized carbons (Fsp3) is 0.424. The molecule has 0 heterocycles. The van der Waals surface area contributed by atoms with Gasteiger partial charge in [-0.15, -0.1) is 0 Å². The van der Waals surface area contributed by atoms with E-state index in [1.807, 2.05) is 0 Å². The number of nitrogens with two attached hydrogens (primary N) is 5. The number of carboxylic acids is 1. The van der Waals surface area contributed by atoms with E-state index in [4.69, 9.17) is 28.7 Å². The molecule has 0 aliphatic carbocycles. The van der Waals surface area contributed by atoms with Gasteiger partial charge in [-0.25, -0.2) is 4.79 Å². The molecule has 0 unspecified atom stereocenters. The van der Waals surface area contributed by atoms with Gasteiger partial charge in [0, 0.05) is 31.7 Å². The molecular weight excluding hydrogens is 679 g/mol. The van der Waals surface area contributed by atoms with Gasteiger partial charge >= 0.3 is 5.97 Å². The number of nitrogens with zero attached hydrogens (tertiary/aromatic N) is 2. The zero-order valence-electron chi connectivity index (χ0n) is 28.2. The smallest absolute Gasteiger partial charge is 0.326 e. The highest BCUT2D eigenvalue weighted by Gasteiger charge is 2.32. The molecule has 5 atom stereocenters. The van der Waals surface area contributed by atoms with Crippen molar-refractivity contribution in [1.82, 2.24) is 21.3 Å². The number of thiol groups is 1. The molecule has 0 aliphatic heterocycles. The summed E-state index contributed by atoms with van der Waals surface area (Å²) in [7, 11) is 0. The zero-order chi connectivity index (χ0) is 37.8. The maximum Gasteiger partial charge on any atom is 0.326 e. The van der Waals surface area contributed by atoms with Crippen LogP contribution < -0.4 is 49.9 Å². The minimum Gasteiger partial charge on any atom is -0.480 e. The molecule has 4 amide bonds. The Labute approximate surface area is 302 Å². The molecule has 0 radical (unpaired) electrons. The minimum atomic E-state index is -1.29. The standard InChI is InChI=1S/C33H49N11O6S/c34-22(13-7-15-39-32(35)36)27(45)44-26(19-51)30(48)43-25(18-21-11-5-2-6-12-21)29(47)42-24(17-20-9-3-1-4-10-20)28(46)41-23(31(49)50)14-8-16-40-33(37)38/h1-6,9-12,22-26,51H,7-8,13-19,34H2,(H,41,46)(H,42,47)(H,43,48)(H,44,45)(H,49,50)(H4,35,36,39)(H4,37,38,40)/t22-,23+,24+,25+,26-/m0/s1. The van der Waals surface area contributed by atoms with E-state index in [2.05, 4.69) is 43.9 Å². The van der Waals surface area contributed by atoms with Gasteiger partial charge in [-0.1, -0.05) is 60.7 Å². The third kappa shape index (κ3) is 16.3. The van der Waals surface area contributed by atoms with Gasteiger partial charge in [-0.2, -0.15) is 12.6 Å². The molecule has 0 saturated heterocycles. The molecule has 2 aromatic carbocycles. The number of nitrogens with one attached hydrogen (secondary N) is 4. The van der Waals surface area contributed by atoms with Crippen LogP contribution >= 0.6 is 12.6 Å². The summed E-state index contributed by atoms with van der Waals surface area (Å²) in [5, 5.41) is 20.2. The van der Waals surface area contributed by atoms with Crippen molar-refractivity contribution < 1.29 is 29.1 Å². The van der Waals surface area contributed by atoms with Crippen LogP contribution in [0.2, 0.25) is 0 Å². The van der Waals surface area contributed by atoms with Crippen LogP contribution in [-0.4, -0.2) is 95.7 Å². The van der Waals surface area contributed by atoms with Crippen molar-refractivity contribution in [1.29, 1.82) is 0 Å². The summed E-state index contributed by atoms with van der Waals surface area (Å²) in [6.45, 7) is 0.432. The number of hydrogen-bond acceptors (Lipinski definition) is 9. The van der Waals surface area contributed by atoms with Gasteiger partial charge in [0.1, 0.15) is 24.2 Å². The van der Waals surface area contributed by atoms with Crippen molar-refractivity contribution in [2.45, 2.75) is 68.7 Å². The Morgan fingerprint density at radius 2 is 1.00 bits per heavy atom. The topological polar surface area (TPSA) is 309 Å². The lowest BCUT2D eigenvalue weighted by Gasteiger charge is -2.26. The summed E-state index contributed by atoms with van der Waals surface area (Å²) in [5.41, 5.74) is 28.7. The fourth-order valence-corrected chi connectivity index (χ4v) is 5.08. The Morgan fingerprint density at radius 3 is 1.41 bits per heavy atom. The molecule has 2 rings (SSSR count). The van der Waals surface area contributed by atoms with E-state index in [-0.39, 0.29) is 62.9 Å². The second kappa shape index (κ2) is 22.4. The Bertz CT molecular complexity index is 1490. The number of amides is 4. The van der Waals surface area contributed by atoms with Crippen LogP contribution in [0.1, 0.15) is 36.8 Å². The van der Waals surface area contributed by atoms with Gasteiger partial charge in [0.2, 0.25) is 23.6 Å². The molecular formula is C33H49N11O6S. The predicted octanol–water partition coefficient (Wildman–Crippen LogP) is -2.14. The quantitative estimate of drug-likeness (QED) is 0.0269. The molecule has 0 fully saturated rings. The van der Waals surface area contributed by atoms with E-state index in [1.54, 1.807) is 60.7 Å². The number of carboxylic acid groups (broad SMARTS) is 1. The normalized spacial score (nSPS) is 13.6. The van der Waals surface area contributed by atoms with Crippen LogP contribution in [0.15, 0.2) is 70.6 Å². The third-order valence-corrected chi connectivity index (χ3v) is 7.88. The number of rotatable bonds is 22. The number of benzene rings is 2. The maximum absolute atomic E-state index is 13.9. The molecule has 17 nitrogen and oxygen atoms in total. The Kier molecular flexibility index (Phi) is 18.3.